The maximum Gasteiger partial charge on any atom is 0.322 e. The Kier molecular flexibility index (Phi) is 7.70. The Bertz CT molecular complexity index is 913. The van der Waals surface area contributed by atoms with Crippen molar-refractivity contribution in [2.45, 2.75) is 45.3 Å². The summed E-state index contributed by atoms with van der Waals surface area (Å²) in [7, 11) is 0. The Hall–Kier alpha value is -2.80. The highest BCUT2D eigenvalue weighted by atomic mass is 19.1. The van der Waals surface area contributed by atoms with Gasteiger partial charge in [0.25, 0.3) is 0 Å². The van der Waals surface area contributed by atoms with Crippen molar-refractivity contribution in [3.8, 4) is 5.75 Å². The average molecular weight is 455 g/mol. The lowest BCUT2D eigenvalue weighted by molar-refractivity contribution is 0.236. The molecular weight excluding hydrogens is 419 g/mol. The number of hydrogen-bond acceptors (Lipinski definition) is 4. The first-order valence-corrected chi connectivity index (χ1v) is 12.1. The Balaban J connectivity index is 1.21. The van der Waals surface area contributed by atoms with Gasteiger partial charge in [-0.3, -0.25) is 9.80 Å². The second kappa shape index (κ2) is 10.9. The smallest absolute Gasteiger partial charge is 0.322 e. The highest BCUT2D eigenvalue weighted by molar-refractivity contribution is 5.94. The summed E-state index contributed by atoms with van der Waals surface area (Å²) in [5.41, 5.74) is 1.94. The van der Waals surface area contributed by atoms with Crippen LogP contribution in [0.2, 0.25) is 0 Å². The highest BCUT2D eigenvalue weighted by Crippen LogP contribution is 2.30. The third kappa shape index (κ3) is 5.96. The van der Waals surface area contributed by atoms with Gasteiger partial charge in [-0.05, 0) is 69.6 Å². The molecule has 0 spiro atoms. The molecule has 2 aromatic rings. The standard InChI is InChI=1S/C26H35FN4O2/c1-20(2)33-25-9-4-3-8-24(25)30-17-15-29(16-18-30)14-6-5-7-23-19-28-26(32)31(23)22-12-10-21(27)11-13-22/h3-4,8-13,20,23H,5-7,14-19H2,1-2H3,(H,28,32). The van der Waals surface area contributed by atoms with E-state index in [2.05, 4.69) is 47.2 Å². The van der Waals surface area contributed by atoms with Crippen LogP contribution in [-0.2, 0) is 0 Å². The Morgan fingerprint density at radius 3 is 2.48 bits per heavy atom. The van der Waals surface area contributed by atoms with E-state index < -0.39 is 0 Å². The van der Waals surface area contributed by atoms with Gasteiger partial charge in [0.15, 0.2) is 0 Å². The van der Waals surface area contributed by atoms with Crippen LogP contribution in [-0.4, -0.2) is 62.3 Å². The van der Waals surface area contributed by atoms with E-state index in [4.69, 9.17) is 4.74 Å². The van der Waals surface area contributed by atoms with E-state index in [1.54, 1.807) is 17.0 Å². The lowest BCUT2D eigenvalue weighted by Crippen LogP contribution is -2.46. The van der Waals surface area contributed by atoms with Gasteiger partial charge in [-0.1, -0.05) is 18.6 Å². The molecule has 2 amide bonds. The summed E-state index contributed by atoms with van der Waals surface area (Å²) >= 11 is 0. The number of carbonyl (C=O) groups is 1. The van der Waals surface area contributed by atoms with Crippen molar-refractivity contribution in [2.75, 3.05) is 49.1 Å². The minimum absolute atomic E-state index is 0.0931. The van der Waals surface area contributed by atoms with Crippen LogP contribution >= 0.6 is 0 Å². The molecule has 1 N–H and O–H groups in total. The molecule has 178 valence electrons. The van der Waals surface area contributed by atoms with Crippen LogP contribution in [0.3, 0.4) is 0 Å². The number of unbranched alkanes of at least 4 members (excludes halogenated alkanes) is 1. The average Bonchev–Trinajstić information content (AvgIpc) is 3.18. The van der Waals surface area contributed by atoms with Gasteiger partial charge in [0, 0.05) is 38.4 Å². The first-order chi connectivity index (χ1) is 16.0. The molecule has 2 aromatic carbocycles. The number of rotatable bonds is 9. The fourth-order valence-corrected chi connectivity index (χ4v) is 4.71. The summed E-state index contributed by atoms with van der Waals surface area (Å²) in [6.07, 6.45) is 3.27. The van der Waals surface area contributed by atoms with E-state index in [1.807, 2.05) is 6.07 Å². The number of piperazine rings is 1. The van der Waals surface area contributed by atoms with Crippen LogP contribution in [0, 0.1) is 5.82 Å². The summed E-state index contributed by atoms with van der Waals surface area (Å²) in [4.78, 5) is 19.0. The Morgan fingerprint density at radius 1 is 1.03 bits per heavy atom. The molecule has 0 aromatic heterocycles. The predicted octanol–water partition coefficient (Wildman–Crippen LogP) is 4.50. The number of anilines is 2. The van der Waals surface area contributed by atoms with E-state index in [9.17, 15) is 9.18 Å². The number of nitrogens with one attached hydrogen (secondary N) is 1. The number of para-hydroxylation sites is 2. The SMILES string of the molecule is CC(C)Oc1ccccc1N1CCN(CCCCC2CNC(=O)N2c2ccc(F)cc2)CC1. The van der Waals surface area contributed by atoms with Crippen molar-refractivity contribution in [1.29, 1.82) is 0 Å². The summed E-state index contributed by atoms with van der Waals surface area (Å²) in [5, 5.41) is 2.93. The van der Waals surface area contributed by atoms with Crippen LogP contribution in [0.15, 0.2) is 48.5 Å². The molecule has 1 atom stereocenters. The van der Waals surface area contributed by atoms with Crippen molar-refractivity contribution in [3.05, 3.63) is 54.3 Å². The number of amides is 2. The van der Waals surface area contributed by atoms with Gasteiger partial charge in [0.2, 0.25) is 0 Å². The van der Waals surface area contributed by atoms with Crippen LogP contribution in [0.4, 0.5) is 20.6 Å². The normalized spacial score (nSPS) is 19.3. The molecule has 2 heterocycles. The third-order valence-electron chi connectivity index (χ3n) is 6.38. The molecule has 6 nitrogen and oxygen atoms in total. The minimum Gasteiger partial charge on any atom is -0.489 e. The van der Waals surface area contributed by atoms with Crippen molar-refractivity contribution in [2.24, 2.45) is 0 Å². The molecule has 33 heavy (non-hydrogen) atoms. The summed E-state index contributed by atoms with van der Waals surface area (Å²) in [5.74, 6) is 0.678. The van der Waals surface area contributed by atoms with Crippen molar-refractivity contribution >= 4 is 17.4 Å². The zero-order valence-electron chi connectivity index (χ0n) is 19.7. The summed E-state index contributed by atoms with van der Waals surface area (Å²) in [6, 6.07) is 14.5. The zero-order chi connectivity index (χ0) is 23.2. The predicted molar refractivity (Wildman–Crippen MR) is 131 cm³/mol. The molecule has 1 unspecified atom stereocenters. The largest absolute Gasteiger partial charge is 0.489 e. The van der Waals surface area contributed by atoms with Gasteiger partial charge in [0.05, 0.1) is 17.8 Å². The minimum atomic E-state index is -0.286. The number of benzene rings is 2. The van der Waals surface area contributed by atoms with Gasteiger partial charge < -0.3 is 15.0 Å². The van der Waals surface area contributed by atoms with Crippen LogP contribution in [0.1, 0.15) is 33.1 Å². The van der Waals surface area contributed by atoms with Crippen molar-refractivity contribution in [1.82, 2.24) is 10.2 Å². The molecule has 7 heteroatoms. The summed E-state index contributed by atoms with van der Waals surface area (Å²) < 4.78 is 19.3. The van der Waals surface area contributed by atoms with E-state index >= 15 is 0 Å². The first-order valence-electron chi connectivity index (χ1n) is 12.1. The molecule has 0 bridgehead atoms. The summed E-state index contributed by atoms with van der Waals surface area (Å²) in [6.45, 7) is 9.92. The molecule has 0 saturated carbocycles. The number of hydrogen-bond donors (Lipinski definition) is 1. The second-order valence-corrected chi connectivity index (χ2v) is 9.15. The zero-order valence-corrected chi connectivity index (χ0v) is 19.7. The van der Waals surface area contributed by atoms with Gasteiger partial charge in [0.1, 0.15) is 11.6 Å². The van der Waals surface area contributed by atoms with E-state index in [0.29, 0.717) is 6.54 Å². The quantitative estimate of drug-likeness (QED) is 0.567. The number of halogens is 1. The fourth-order valence-electron chi connectivity index (χ4n) is 4.71. The molecule has 4 rings (SSSR count). The van der Waals surface area contributed by atoms with Crippen LogP contribution in [0.5, 0.6) is 5.75 Å². The number of urea groups is 1. The van der Waals surface area contributed by atoms with Gasteiger partial charge in [-0.2, -0.15) is 0 Å². The highest BCUT2D eigenvalue weighted by Gasteiger charge is 2.31. The maximum atomic E-state index is 13.3. The number of nitrogens with zero attached hydrogens (tertiary/aromatic N) is 3. The van der Waals surface area contributed by atoms with Crippen LogP contribution in [0.25, 0.3) is 0 Å². The van der Waals surface area contributed by atoms with Crippen molar-refractivity contribution < 1.29 is 13.9 Å². The van der Waals surface area contributed by atoms with Crippen LogP contribution < -0.4 is 19.9 Å². The lowest BCUT2D eigenvalue weighted by Gasteiger charge is -2.37. The maximum absolute atomic E-state index is 13.3. The molecule has 2 aliphatic rings. The monoisotopic (exact) mass is 454 g/mol. The topological polar surface area (TPSA) is 48.1 Å². The van der Waals surface area contributed by atoms with Gasteiger partial charge in [-0.15, -0.1) is 0 Å². The van der Waals surface area contributed by atoms with E-state index in [0.717, 1.165) is 63.4 Å². The first kappa shape index (κ1) is 23.4. The number of ether oxygens (including phenoxy) is 1. The molecule has 2 saturated heterocycles. The van der Waals surface area contributed by atoms with Gasteiger partial charge >= 0.3 is 6.03 Å². The Morgan fingerprint density at radius 2 is 1.76 bits per heavy atom. The van der Waals surface area contributed by atoms with E-state index in [1.165, 1.54) is 17.8 Å². The molecular formula is C26H35FN4O2. The molecule has 2 aliphatic heterocycles. The second-order valence-electron chi connectivity index (χ2n) is 9.15. The van der Waals surface area contributed by atoms with E-state index in [-0.39, 0.29) is 24.0 Å². The number of carbonyl (C=O) groups excluding carboxylic acids is 1. The lowest BCUT2D eigenvalue weighted by atomic mass is 10.1. The fraction of sp³-hybridized carbons (Fsp3) is 0.500. The molecule has 2 fully saturated rings. The molecule has 0 aliphatic carbocycles. The Labute approximate surface area is 196 Å². The van der Waals surface area contributed by atoms with Crippen molar-refractivity contribution in [3.63, 3.8) is 0 Å². The van der Waals surface area contributed by atoms with Gasteiger partial charge in [-0.25, -0.2) is 9.18 Å². The third-order valence-corrected chi connectivity index (χ3v) is 6.38. The molecule has 0 radical (unpaired) electrons.